The maximum atomic E-state index is 12.4. The summed E-state index contributed by atoms with van der Waals surface area (Å²) in [5, 5.41) is 10.6. The third kappa shape index (κ3) is 5.34. The first kappa shape index (κ1) is 20.8. The van der Waals surface area contributed by atoms with Gasteiger partial charge in [-0.1, -0.05) is 6.07 Å². The zero-order valence-electron chi connectivity index (χ0n) is 16.3. The Morgan fingerprint density at radius 3 is 2.60 bits per heavy atom. The Morgan fingerprint density at radius 2 is 1.90 bits per heavy atom. The van der Waals surface area contributed by atoms with Gasteiger partial charge in [-0.05, 0) is 48.4 Å². The summed E-state index contributed by atoms with van der Waals surface area (Å²) < 4.78 is 15.6. The van der Waals surface area contributed by atoms with E-state index in [4.69, 9.17) is 14.2 Å². The van der Waals surface area contributed by atoms with E-state index < -0.39 is 10.9 Å². The lowest BCUT2D eigenvalue weighted by Crippen LogP contribution is -2.33. The van der Waals surface area contributed by atoms with Crippen molar-refractivity contribution in [2.24, 2.45) is 0 Å². The van der Waals surface area contributed by atoms with Gasteiger partial charge in [-0.15, -0.1) is 0 Å². The summed E-state index contributed by atoms with van der Waals surface area (Å²) in [4.78, 5) is 36.0. The van der Waals surface area contributed by atoms with Gasteiger partial charge < -0.3 is 19.1 Å². The molecule has 1 amide bonds. The van der Waals surface area contributed by atoms with Gasteiger partial charge in [-0.25, -0.2) is 4.79 Å². The van der Waals surface area contributed by atoms with Crippen molar-refractivity contribution >= 4 is 23.6 Å². The second-order valence-corrected chi connectivity index (χ2v) is 6.39. The second kappa shape index (κ2) is 9.55. The van der Waals surface area contributed by atoms with Crippen LogP contribution in [0.3, 0.4) is 0 Å². The molecule has 0 bridgehead atoms. The van der Waals surface area contributed by atoms with Gasteiger partial charge in [-0.3, -0.25) is 14.9 Å². The summed E-state index contributed by atoms with van der Waals surface area (Å²) in [6.45, 7) is 2.42. The summed E-state index contributed by atoms with van der Waals surface area (Å²) >= 11 is 0. The van der Waals surface area contributed by atoms with Crippen LogP contribution in [0.2, 0.25) is 0 Å². The lowest BCUT2D eigenvalue weighted by molar-refractivity contribution is -0.384. The van der Waals surface area contributed by atoms with Crippen molar-refractivity contribution in [3.8, 4) is 11.5 Å². The molecule has 0 atom stereocenters. The Hall–Kier alpha value is -3.88. The molecule has 0 N–H and O–H groups in total. The Labute approximate surface area is 172 Å². The van der Waals surface area contributed by atoms with Crippen molar-refractivity contribution in [2.45, 2.75) is 13.5 Å². The predicted molar refractivity (Wildman–Crippen MR) is 107 cm³/mol. The quantitative estimate of drug-likeness (QED) is 0.284. The number of carbonyl (C=O) groups excluding carboxylic acids is 2. The highest BCUT2D eigenvalue weighted by Crippen LogP contribution is 2.32. The van der Waals surface area contributed by atoms with Crippen LogP contribution in [0.25, 0.3) is 6.08 Å². The average molecular weight is 412 g/mol. The van der Waals surface area contributed by atoms with Crippen molar-refractivity contribution in [1.29, 1.82) is 0 Å². The average Bonchev–Trinajstić information content (AvgIpc) is 3.22. The first-order valence-electron chi connectivity index (χ1n) is 9.22. The molecular weight excluding hydrogens is 392 g/mol. The molecule has 1 heterocycles. The number of benzene rings is 2. The third-order valence-electron chi connectivity index (χ3n) is 4.40. The molecule has 2 aromatic rings. The molecule has 0 saturated carbocycles. The largest absolute Gasteiger partial charge is 0.454 e. The molecule has 156 valence electrons. The number of amides is 1. The smallest absolute Gasteiger partial charge is 0.331 e. The van der Waals surface area contributed by atoms with Gasteiger partial charge in [0.05, 0.1) is 4.92 Å². The van der Waals surface area contributed by atoms with Gasteiger partial charge in [0.2, 0.25) is 6.79 Å². The number of hydrogen-bond donors (Lipinski definition) is 0. The molecule has 1 aliphatic rings. The molecule has 9 heteroatoms. The number of rotatable bonds is 8. The van der Waals surface area contributed by atoms with E-state index in [9.17, 15) is 19.7 Å². The van der Waals surface area contributed by atoms with Crippen molar-refractivity contribution < 1.29 is 28.7 Å². The van der Waals surface area contributed by atoms with E-state index in [0.717, 1.165) is 5.56 Å². The van der Waals surface area contributed by atoms with Crippen LogP contribution in [0.4, 0.5) is 5.69 Å². The highest BCUT2D eigenvalue weighted by Gasteiger charge is 2.17. The summed E-state index contributed by atoms with van der Waals surface area (Å²) in [6.07, 6.45) is 2.63. The number of esters is 1. The monoisotopic (exact) mass is 412 g/mol. The fourth-order valence-corrected chi connectivity index (χ4v) is 2.78. The van der Waals surface area contributed by atoms with Crippen molar-refractivity contribution in [3.05, 3.63) is 69.8 Å². The second-order valence-electron chi connectivity index (χ2n) is 6.39. The number of nitro groups is 1. The highest BCUT2D eigenvalue weighted by molar-refractivity contribution is 5.89. The molecule has 0 fully saturated rings. The van der Waals surface area contributed by atoms with Crippen molar-refractivity contribution in [1.82, 2.24) is 4.90 Å². The van der Waals surface area contributed by atoms with E-state index >= 15 is 0 Å². The van der Waals surface area contributed by atoms with Crippen LogP contribution in [0.15, 0.2) is 48.5 Å². The van der Waals surface area contributed by atoms with Gasteiger partial charge in [0.1, 0.15) is 0 Å². The number of nitrogens with zero attached hydrogens (tertiary/aromatic N) is 2. The lowest BCUT2D eigenvalue weighted by atomic mass is 10.2. The molecule has 9 nitrogen and oxygen atoms in total. The number of fused-ring (bicyclic) bond motifs is 1. The summed E-state index contributed by atoms with van der Waals surface area (Å²) in [7, 11) is 0. The fourth-order valence-electron chi connectivity index (χ4n) is 2.78. The third-order valence-corrected chi connectivity index (χ3v) is 4.40. The standard InChI is InChI=1S/C21H20N2O7/c1-2-22(12-16-5-9-18-19(11-16)30-14-29-18)20(24)13-28-21(25)10-6-15-3-7-17(8-4-15)23(26)27/h3-11H,2,12-14H2,1H3/b10-6+. The molecule has 0 spiro atoms. The number of carbonyl (C=O) groups is 2. The zero-order chi connectivity index (χ0) is 21.5. The molecule has 30 heavy (non-hydrogen) atoms. The minimum atomic E-state index is -0.680. The van der Waals surface area contributed by atoms with E-state index in [-0.39, 0.29) is 25.0 Å². The Morgan fingerprint density at radius 1 is 1.17 bits per heavy atom. The normalized spacial score (nSPS) is 12.0. The van der Waals surface area contributed by atoms with E-state index in [0.29, 0.717) is 30.2 Å². The summed E-state index contributed by atoms with van der Waals surface area (Å²) in [5.41, 5.74) is 1.43. The van der Waals surface area contributed by atoms with E-state index in [2.05, 4.69) is 0 Å². The van der Waals surface area contributed by atoms with E-state index in [1.807, 2.05) is 19.1 Å². The van der Waals surface area contributed by atoms with Crippen LogP contribution in [0, 0.1) is 10.1 Å². The SMILES string of the molecule is CCN(Cc1ccc2c(c1)OCO2)C(=O)COC(=O)/C=C/c1ccc([N+](=O)[O-])cc1. The van der Waals surface area contributed by atoms with Gasteiger partial charge in [0.25, 0.3) is 11.6 Å². The molecule has 0 saturated heterocycles. The fraction of sp³-hybridized carbons (Fsp3) is 0.238. The van der Waals surface area contributed by atoms with Crippen LogP contribution in [-0.4, -0.2) is 41.6 Å². The Balaban J connectivity index is 1.50. The highest BCUT2D eigenvalue weighted by atomic mass is 16.7. The van der Waals surface area contributed by atoms with Crippen molar-refractivity contribution in [2.75, 3.05) is 19.9 Å². The minimum absolute atomic E-state index is 0.0394. The first-order valence-corrected chi connectivity index (χ1v) is 9.22. The topological polar surface area (TPSA) is 108 Å². The van der Waals surface area contributed by atoms with Gasteiger partial charge in [0.15, 0.2) is 18.1 Å². The van der Waals surface area contributed by atoms with Crippen LogP contribution >= 0.6 is 0 Å². The molecule has 0 radical (unpaired) electrons. The molecule has 0 aliphatic carbocycles. The first-order chi connectivity index (χ1) is 14.5. The Bertz CT molecular complexity index is 970. The number of hydrogen-bond acceptors (Lipinski definition) is 7. The molecule has 0 aromatic heterocycles. The summed E-state index contributed by atoms with van der Waals surface area (Å²) in [6, 6.07) is 11.2. The number of likely N-dealkylation sites (N-methyl/N-ethyl adjacent to an activating group) is 1. The van der Waals surface area contributed by atoms with Gasteiger partial charge >= 0.3 is 5.97 Å². The van der Waals surface area contributed by atoms with Crippen LogP contribution in [0.1, 0.15) is 18.1 Å². The van der Waals surface area contributed by atoms with Crippen molar-refractivity contribution in [3.63, 3.8) is 0 Å². The lowest BCUT2D eigenvalue weighted by Gasteiger charge is -2.20. The minimum Gasteiger partial charge on any atom is -0.454 e. The van der Waals surface area contributed by atoms with Crippen LogP contribution < -0.4 is 9.47 Å². The van der Waals surface area contributed by atoms with Gasteiger partial charge in [0, 0.05) is 31.3 Å². The molecule has 2 aromatic carbocycles. The maximum Gasteiger partial charge on any atom is 0.331 e. The number of nitro benzene ring substituents is 1. The molecule has 1 aliphatic heterocycles. The number of non-ortho nitro benzene ring substituents is 1. The Kier molecular flexibility index (Phi) is 6.63. The summed E-state index contributed by atoms with van der Waals surface area (Å²) in [5.74, 6) is 0.300. The predicted octanol–water partition coefficient (Wildman–Crippen LogP) is 2.93. The molecule has 0 unspecified atom stereocenters. The van der Waals surface area contributed by atoms with E-state index in [1.165, 1.54) is 36.4 Å². The van der Waals surface area contributed by atoms with E-state index in [1.54, 1.807) is 11.0 Å². The van der Waals surface area contributed by atoms with Gasteiger partial charge in [-0.2, -0.15) is 0 Å². The zero-order valence-corrected chi connectivity index (χ0v) is 16.3. The molecular formula is C21H20N2O7. The number of ether oxygens (including phenoxy) is 3. The van der Waals surface area contributed by atoms with Crippen LogP contribution in [0.5, 0.6) is 11.5 Å². The van der Waals surface area contributed by atoms with Crippen LogP contribution in [-0.2, 0) is 20.9 Å². The molecule has 3 rings (SSSR count). The maximum absolute atomic E-state index is 12.4.